The highest BCUT2D eigenvalue weighted by Crippen LogP contribution is 2.40. The highest BCUT2D eigenvalue weighted by atomic mass is 35.5. The molecule has 29 heavy (non-hydrogen) atoms. The lowest BCUT2D eigenvalue weighted by Crippen LogP contribution is -2.08. The van der Waals surface area contributed by atoms with Crippen LogP contribution in [0.4, 0.5) is 0 Å². The third kappa shape index (κ3) is 4.88. The minimum atomic E-state index is -4.00. The number of ether oxygens (including phenoxy) is 4. The van der Waals surface area contributed by atoms with E-state index >= 15 is 0 Å². The van der Waals surface area contributed by atoms with Crippen LogP contribution >= 0.6 is 46.4 Å². The predicted octanol–water partition coefficient (Wildman–Crippen LogP) is 4.69. The molecule has 0 saturated carbocycles. The molecule has 2 saturated heterocycles. The molecule has 2 aromatic carbocycles. The third-order valence-electron chi connectivity index (χ3n) is 4.20. The first-order valence-electron chi connectivity index (χ1n) is 8.47. The van der Waals surface area contributed by atoms with Crippen molar-refractivity contribution in [1.29, 1.82) is 0 Å². The van der Waals surface area contributed by atoms with Gasteiger partial charge in [0.1, 0.15) is 25.4 Å². The number of benzene rings is 2. The molecule has 0 amide bonds. The lowest BCUT2D eigenvalue weighted by molar-refractivity contribution is 0.263. The zero-order valence-electron chi connectivity index (χ0n) is 14.7. The van der Waals surface area contributed by atoms with E-state index < -0.39 is 9.84 Å². The predicted molar refractivity (Wildman–Crippen MR) is 109 cm³/mol. The molecule has 0 N–H and O–H groups in total. The van der Waals surface area contributed by atoms with Crippen LogP contribution in [0.1, 0.15) is 0 Å². The van der Waals surface area contributed by atoms with Crippen molar-refractivity contribution in [3.63, 3.8) is 0 Å². The first kappa shape index (κ1) is 21.3. The van der Waals surface area contributed by atoms with Crippen molar-refractivity contribution in [3.8, 4) is 11.5 Å². The molecule has 0 aliphatic carbocycles. The van der Waals surface area contributed by atoms with E-state index in [4.69, 9.17) is 65.4 Å². The molecule has 2 aliphatic rings. The first-order valence-corrected chi connectivity index (χ1v) is 11.5. The van der Waals surface area contributed by atoms with E-state index in [-0.39, 0.29) is 66.8 Å². The van der Waals surface area contributed by atoms with Crippen LogP contribution in [0.3, 0.4) is 0 Å². The Kier molecular flexibility index (Phi) is 6.10. The molecule has 2 aromatic rings. The van der Waals surface area contributed by atoms with Gasteiger partial charge in [-0.3, -0.25) is 0 Å². The van der Waals surface area contributed by atoms with Gasteiger partial charge in [-0.1, -0.05) is 46.4 Å². The van der Waals surface area contributed by atoms with Gasteiger partial charge in [0.25, 0.3) is 0 Å². The quantitative estimate of drug-likeness (QED) is 0.490. The summed E-state index contributed by atoms with van der Waals surface area (Å²) < 4.78 is 47.3. The summed E-state index contributed by atoms with van der Waals surface area (Å²) in [5.74, 6) is 0.398. The van der Waals surface area contributed by atoms with Crippen LogP contribution in [-0.4, -0.2) is 47.1 Å². The van der Waals surface area contributed by atoms with Gasteiger partial charge in [-0.15, -0.1) is 0 Å². The topological polar surface area (TPSA) is 77.7 Å². The average molecular weight is 500 g/mol. The summed E-state index contributed by atoms with van der Waals surface area (Å²) in [4.78, 5) is -0.232. The van der Waals surface area contributed by atoms with Crippen LogP contribution in [0.2, 0.25) is 20.1 Å². The fourth-order valence-corrected chi connectivity index (χ4v) is 5.29. The molecular formula is C18H14Cl4O6S. The van der Waals surface area contributed by atoms with E-state index in [1.165, 1.54) is 24.3 Å². The molecule has 0 radical (unpaired) electrons. The molecule has 2 atom stereocenters. The Hall–Kier alpha value is -0.930. The fourth-order valence-electron chi connectivity index (χ4n) is 2.48. The van der Waals surface area contributed by atoms with Crippen LogP contribution in [-0.2, 0) is 19.3 Å². The second-order valence-corrected chi connectivity index (χ2v) is 10.0. The number of rotatable bonds is 8. The Morgan fingerprint density at radius 1 is 0.759 bits per heavy atom. The maximum atomic E-state index is 13.1. The van der Waals surface area contributed by atoms with Gasteiger partial charge in [0.05, 0.1) is 43.1 Å². The Morgan fingerprint density at radius 2 is 1.07 bits per heavy atom. The van der Waals surface area contributed by atoms with Gasteiger partial charge in [0.2, 0.25) is 9.84 Å². The Labute approximate surface area is 187 Å². The second kappa shape index (κ2) is 8.30. The van der Waals surface area contributed by atoms with Crippen molar-refractivity contribution in [3.05, 3.63) is 44.4 Å². The fraction of sp³-hybridized carbons (Fsp3) is 0.333. The summed E-state index contributed by atoms with van der Waals surface area (Å²) in [7, 11) is -4.00. The number of hydrogen-bond donors (Lipinski definition) is 0. The number of sulfone groups is 1. The van der Waals surface area contributed by atoms with Crippen molar-refractivity contribution in [2.24, 2.45) is 0 Å². The lowest BCUT2D eigenvalue weighted by Gasteiger charge is -2.13. The molecule has 2 aliphatic heterocycles. The lowest BCUT2D eigenvalue weighted by atomic mass is 10.3. The minimum Gasteiger partial charge on any atom is -0.488 e. The molecule has 0 bridgehead atoms. The van der Waals surface area contributed by atoms with Gasteiger partial charge in [-0.05, 0) is 24.3 Å². The molecule has 156 valence electrons. The first-order chi connectivity index (χ1) is 13.8. The molecule has 0 unspecified atom stereocenters. The largest absolute Gasteiger partial charge is 0.488 e. The maximum absolute atomic E-state index is 13.1. The molecule has 6 nitrogen and oxygen atoms in total. The average Bonchev–Trinajstić information content (AvgIpc) is 3.54. The molecule has 2 fully saturated rings. The summed E-state index contributed by atoms with van der Waals surface area (Å²) in [5.41, 5.74) is 0. The maximum Gasteiger partial charge on any atom is 0.206 e. The highest BCUT2D eigenvalue weighted by molar-refractivity contribution is 7.91. The molecule has 11 heteroatoms. The van der Waals surface area contributed by atoms with E-state index in [1.807, 2.05) is 0 Å². The van der Waals surface area contributed by atoms with Crippen molar-refractivity contribution >= 4 is 56.2 Å². The molecule has 4 rings (SSSR count). The van der Waals surface area contributed by atoms with Gasteiger partial charge in [0, 0.05) is 0 Å². The number of epoxide rings is 2. The van der Waals surface area contributed by atoms with Crippen LogP contribution in [0.5, 0.6) is 11.5 Å². The van der Waals surface area contributed by atoms with Gasteiger partial charge >= 0.3 is 0 Å². The van der Waals surface area contributed by atoms with Gasteiger partial charge in [-0.25, -0.2) is 8.42 Å². The van der Waals surface area contributed by atoms with Crippen molar-refractivity contribution in [2.45, 2.75) is 22.0 Å². The summed E-state index contributed by atoms with van der Waals surface area (Å²) in [6, 6.07) is 5.07. The van der Waals surface area contributed by atoms with E-state index in [9.17, 15) is 8.42 Å². The summed E-state index contributed by atoms with van der Waals surface area (Å²) in [5, 5.41) is 0.272. The highest BCUT2D eigenvalue weighted by Gasteiger charge is 2.28. The van der Waals surface area contributed by atoms with Crippen LogP contribution in [0.15, 0.2) is 34.1 Å². The molecular weight excluding hydrogens is 486 g/mol. The van der Waals surface area contributed by atoms with Gasteiger partial charge in [0.15, 0.2) is 11.5 Å². The van der Waals surface area contributed by atoms with E-state index in [1.54, 1.807) is 0 Å². The zero-order chi connectivity index (χ0) is 20.8. The second-order valence-electron chi connectivity index (χ2n) is 6.47. The van der Waals surface area contributed by atoms with Crippen LogP contribution < -0.4 is 9.47 Å². The Morgan fingerprint density at radius 3 is 1.34 bits per heavy atom. The molecule has 0 spiro atoms. The van der Waals surface area contributed by atoms with Crippen LogP contribution in [0, 0.1) is 0 Å². The standard InChI is InChI=1S/C18H14Cl4O6S/c19-13-1-11(2-14(20)17(13)27-7-9-5-25-9)29(23,24)12-3-15(21)18(16(22)4-12)28-8-10-6-26-10/h1-4,9-10H,5-8H2/t9-,10-/m1/s1. The van der Waals surface area contributed by atoms with Crippen molar-refractivity contribution in [1.82, 2.24) is 0 Å². The normalized spacial score (nSPS) is 20.4. The summed E-state index contributed by atoms with van der Waals surface area (Å²) in [6.45, 7) is 1.78. The SMILES string of the molecule is O=S(=O)(c1cc(Cl)c(OC[C@H]2CO2)c(Cl)c1)c1cc(Cl)c(OC[C@H]2CO2)c(Cl)c1. The van der Waals surface area contributed by atoms with Gasteiger partial charge < -0.3 is 18.9 Å². The summed E-state index contributed by atoms with van der Waals surface area (Å²) >= 11 is 24.8. The minimum absolute atomic E-state index is 0.00189. The molecule has 0 aromatic heterocycles. The van der Waals surface area contributed by atoms with Gasteiger partial charge in [-0.2, -0.15) is 0 Å². The van der Waals surface area contributed by atoms with Crippen molar-refractivity contribution < 1.29 is 27.4 Å². The molecule has 2 heterocycles. The van der Waals surface area contributed by atoms with E-state index in [0.717, 1.165) is 0 Å². The number of halogens is 4. The Bertz CT molecular complexity index is 927. The zero-order valence-corrected chi connectivity index (χ0v) is 18.5. The summed E-state index contributed by atoms with van der Waals surface area (Å²) in [6.07, 6.45) is 0.00377. The monoisotopic (exact) mass is 498 g/mol. The number of hydrogen-bond acceptors (Lipinski definition) is 6. The van der Waals surface area contributed by atoms with E-state index in [2.05, 4.69) is 0 Å². The van der Waals surface area contributed by atoms with Crippen LogP contribution in [0.25, 0.3) is 0 Å². The third-order valence-corrected chi connectivity index (χ3v) is 7.03. The van der Waals surface area contributed by atoms with E-state index in [0.29, 0.717) is 13.2 Å². The Balaban J connectivity index is 1.61. The smallest absolute Gasteiger partial charge is 0.206 e. The van der Waals surface area contributed by atoms with Crippen molar-refractivity contribution in [2.75, 3.05) is 26.4 Å².